The number of fused-ring (bicyclic) bond motifs is 1. The van der Waals surface area contributed by atoms with Gasteiger partial charge >= 0.3 is 0 Å². The second-order valence-electron chi connectivity index (χ2n) is 10.6. The van der Waals surface area contributed by atoms with Crippen LogP contribution in [0.5, 0.6) is 0 Å². The first-order chi connectivity index (χ1) is 20.1. The number of benzene rings is 4. The van der Waals surface area contributed by atoms with Crippen LogP contribution in [0, 0.1) is 5.92 Å². The zero-order chi connectivity index (χ0) is 28.4. The highest BCUT2D eigenvalue weighted by atomic mass is 16.5. The Morgan fingerprint density at radius 3 is 2.41 bits per heavy atom. The van der Waals surface area contributed by atoms with Crippen molar-refractivity contribution in [2.24, 2.45) is 5.92 Å². The van der Waals surface area contributed by atoms with E-state index >= 15 is 0 Å². The van der Waals surface area contributed by atoms with Gasteiger partial charge in [0.15, 0.2) is 0 Å². The molecule has 1 heterocycles. The van der Waals surface area contributed by atoms with E-state index in [0.29, 0.717) is 42.5 Å². The Bertz CT molecular complexity index is 1460. The minimum atomic E-state index is -0.195. The van der Waals surface area contributed by atoms with E-state index in [0.717, 1.165) is 55.2 Å². The fourth-order valence-corrected chi connectivity index (χ4v) is 5.63. The standard InChI is InChI=1S/C35H39N3O3/c1-2-41-23-9-20-36-34(39)32-25-29(37-35(40)31-15-8-13-28-12-6-7-14-30(28)31)16-17-33(32)38-21-18-27(19-22-38)24-26-10-4-3-5-11-26/h3-8,10-17,25,27H,2,9,18-24H2,1H3,(H,36,39)(H,37,40). The molecule has 1 aliphatic rings. The fourth-order valence-electron chi connectivity index (χ4n) is 5.63. The first kappa shape index (κ1) is 28.4. The molecule has 212 valence electrons. The molecule has 0 unspecified atom stereocenters. The Balaban J connectivity index is 1.32. The van der Waals surface area contributed by atoms with Gasteiger partial charge in [0.2, 0.25) is 0 Å². The highest BCUT2D eigenvalue weighted by molar-refractivity contribution is 6.13. The number of nitrogens with one attached hydrogen (secondary N) is 2. The van der Waals surface area contributed by atoms with E-state index < -0.39 is 0 Å². The van der Waals surface area contributed by atoms with Crippen LogP contribution in [0.4, 0.5) is 11.4 Å². The Kier molecular flexibility index (Phi) is 9.65. The zero-order valence-electron chi connectivity index (χ0n) is 23.8. The molecule has 2 N–H and O–H groups in total. The summed E-state index contributed by atoms with van der Waals surface area (Å²) in [6, 6.07) is 29.9. The van der Waals surface area contributed by atoms with Crippen LogP contribution in [-0.2, 0) is 11.2 Å². The van der Waals surface area contributed by atoms with Crippen LogP contribution in [0.25, 0.3) is 10.8 Å². The van der Waals surface area contributed by atoms with Crippen LogP contribution < -0.4 is 15.5 Å². The molecule has 1 aliphatic heterocycles. The quantitative estimate of drug-likeness (QED) is 0.204. The van der Waals surface area contributed by atoms with Crippen LogP contribution in [0.3, 0.4) is 0 Å². The largest absolute Gasteiger partial charge is 0.382 e. The van der Waals surface area contributed by atoms with Crippen molar-refractivity contribution in [3.63, 3.8) is 0 Å². The average molecular weight is 550 g/mol. The molecule has 5 rings (SSSR count). The summed E-state index contributed by atoms with van der Waals surface area (Å²) in [5, 5.41) is 8.00. The third-order valence-corrected chi connectivity index (χ3v) is 7.81. The number of nitrogens with zero attached hydrogens (tertiary/aromatic N) is 1. The molecular formula is C35H39N3O3. The summed E-state index contributed by atoms with van der Waals surface area (Å²) < 4.78 is 5.42. The maximum atomic E-state index is 13.4. The molecule has 6 nitrogen and oxygen atoms in total. The van der Waals surface area contributed by atoms with Gasteiger partial charge in [0, 0.05) is 49.8 Å². The van der Waals surface area contributed by atoms with E-state index in [9.17, 15) is 9.59 Å². The molecule has 0 radical (unpaired) electrons. The maximum Gasteiger partial charge on any atom is 0.256 e. The Morgan fingerprint density at radius 2 is 1.61 bits per heavy atom. The summed E-state index contributed by atoms with van der Waals surface area (Å²) in [5.74, 6) is 0.298. The second kappa shape index (κ2) is 14.0. The van der Waals surface area contributed by atoms with E-state index in [2.05, 4.69) is 45.9 Å². The molecule has 0 spiro atoms. The number of hydrogen-bond donors (Lipinski definition) is 2. The van der Waals surface area contributed by atoms with Gasteiger partial charge in [-0.15, -0.1) is 0 Å². The Hall–Kier alpha value is -4.16. The number of amides is 2. The van der Waals surface area contributed by atoms with Gasteiger partial charge in [-0.25, -0.2) is 0 Å². The lowest BCUT2D eigenvalue weighted by Gasteiger charge is -2.35. The van der Waals surface area contributed by atoms with Crippen molar-refractivity contribution in [1.82, 2.24) is 5.32 Å². The van der Waals surface area contributed by atoms with Crippen LogP contribution in [-0.4, -0.2) is 44.7 Å². The normalized spacial score (nSPS) is 13.7. The number of anilines is 2. The van der Waals surface area contributed by atoms with Gasteiger partial charge in [-0.2, -0.15) is 0 Å². The topological polar surface area (TPSA) is 70.7 Å². The third-order valence-electron chi connectivity index (χ3n) is 7.81. The van der Waals surface area contributed by atoms with Gasteiger partial charge in [-0.1, -0.05) is 66.7 Å². The molecule has 0 aliphatic carbocycles. The van der Waals surface area contributed by atoms with E-state index in [4.69, 9.17) is 4.74 Å². The van der Waals surface area contributed by atoms with Gasteiger partial charge < -0.3 is 20.3 Å². The molecule has 0 aromatic heterocycles. The van der Waals surface area contributed by atoms with Gasteiger partial charge in [-0.05, 0) is 79.1 Å². The van der Waals surface area contributed by atoms with Crippen LogP contribution in [0.15, 0.2) is 91.0 Å². The molecule has 6 heteroatoms. The lowest BCUT2D eigenvalue weighted by atomic mass is 9.89. The molecule has 0 saturated carbocycles. The van der Waals surface area contributed by atoms with Crippen molar-refractivity contribution in [3.05, 3.63) is 108 Å². The van der Waals surface area contributed by atoms with E-state index in [1.165, 1.54) is 5.56 Å². The summed E-state index contributed by atoms with van der Waals surface area (Å²) in [6.07, 6.45) is 3.98. The number of carbonyl (C=O) groups excluding carboxylic acids is 2. The van der Waals surface area contributed by atoms with E-state index in [-0.39, 0.29) is 11.8 Å². The van der Waals surface area contributed by atoms with E-state index in [1.54, 1.807) is 0 Å². The molecule has 1 saturated heterocycles. The summed E-state index contributed by atoms with van der Waals surface area (Å²) in [5.41, 5.74) is 4.08. The number of hydrogen-bond acceptors (Lipinski definition) is 4. The predicted octanol–water partition coefficient (Wildman–Crippen LogP) is 6.71. The molecule has 4 aromatic carbocycles. The Morgan fingerprint density at radius 1 is 0.854 bits per heavy atom. The molecular weight excluding hydrogens is 510 g/mol. The van der Waals surface area contributed by atoms with Crippen molar-refractivity contribution in [2.45, 2.75) is 32.6 Å². The van der Waals surface area contributed by atoms with Crippen molar-refractivity contribution in [1.29, 1.82) is 0 Å². The smallest absolute Gasteiger partial charge is 0.256 e. The van der Waals surface area contributed by atoms with Crippen LogP contribution >= 0.6 is 0 Å². The molecule has 0 atom stereocenters. The van der Waals surface area contributed by atoms with E-state index in [1.807, 2.05) is 67.6 Å². The summed E-state index contributed by atoms with van der Waals surface area (Å²) in [6.45, 7) is 5.56. The van der Waals surface area contributed by atoms with Gasteiger partial charge in [0.25, 0.3) is 11.8 Å². The average Bonchev–Trinajstić information content (AvgIpc) is 3.01. The lowest BCUT2D eigenvalue weighted by Crippen LogP contribution is -2.36. The fraction of sp³-hybridized carbons (Fsp3) is 0.314. The molecule has 4 aromatic rings. The number of rotatable bonds is 11. The molecule has 1 fully saturated rings. The second-order valence-corrected chi connectivity index (χ2v) is 10.6. The first-order valence-electron chi connectivity index (χ1n) is 14.7. The minimum absolute atomic E-state index is 0.135. The highest BCUT2D eigenvalue weighted by Crippen LogP contribution is 2.30. The minimum Gasteiger partial charge on any atom is -0.382 e. The summed E-state index contributed by atoms with van der Waals surface area (Å²) in [7, 11) is 0. The van der Waals surface area contributed by atoms with Gasteiger partial charge in [0.05, 0.1) is 5.56 Å². The predicted molar refractivity (Wildman–Crippen MR) is 167 cm³/mol. The number of carbonyl (C=O) groups is 2. The van der Waals surface area contributed by atoms with Crippen molar-refractivity contribution in [3.8, 4) is 0 Å². The summed E-state index contributed by atoms with van der Waals surface area (Å²) in [4.78, 5) is 29.1. The monoisotopic (exact) mass is 549 g/mol. The van der Waals surface area contributed by atoms with Crippen molar-refractivity contribution < 1.29 is 14.3 Å². The first-order valence-corrected chi connectivity index (χ1v) is 14.7. The molecule has 2 amide bonds. The Labute approximate surface area is 242 Å². The molecule has 0 bridgehead atoms. The van der Waals surface area contributed by atoms with Crippen LogP contribution in [0.1, 0.15) is 52.5 Å². The highest BCUT2D eigenvalue weighted by Gasteiger charge is 2.24. The third kappa shape index (κ3) is 7.33. The summed E-state index contributed by atoms with van der Waals surface area (Å²) >= 11 is 0. The zero-order valence-corrected chi connectivity index (χ0v) is 23.8. The van der Waals surface area contributed by atoms with Crippen LogP contribution in [0.2, 0.25) is 0 Å². The maximum absolute atomic E-state index is 13.4. The number of ether oxygens (including phenoxy) is 1. The molecule has 41 heavy (non-hydrogen) atoms. The van der Waals surface area contributed by atoms with Gasteiger partial charge in [-0.3, -0.25) is 9.59 Å². The SMILES string of the molecule is CCOCCCNC(=O)c1cc(NC(=O)c2cccc3ccccc23)ccc1N1CCC(Cc2ccccc2)CC1. The number of piperidine rings is 1. The van der Waals surface area contributed by atoms with Crippen molar-refractivity contribution in [2.75, 3.05) is 43.1 Å². The van der Waals surface area contributed by atoms with Crippen molar-refractivity contribution >= 4 is 34.0 Å². The lowest BCUT2D eigenvalue weighted by molar-refractivity contribution is 0.0943. The van der Waals surface area contributed by atoms with Gasteiger partial charge in [0.1, 0.15) is 0 Å².